The van der Waals surface area contributed by atoms with Gasteiger partial charge in [-0.05, 0) is 30.4 Å². The first-order chi connectivity index (χ1) is 19.2. The third-order valence-electron chi connectivity index (χ3n) is 7.12. The monoisotopic (exact) mass is 604 g/mol. The summed E-state index contributed by atoms with van der Waals surface area (Å²) in [6, 6.07) is 8.78. The van der Waals surface area contributed by atoms with Crippen molar-refractivity contribution in [3.05, 3.63) is 47.5 Å². The molecule has 0 saturated heterocycles. The molecular weight excluding hydrogens is 572 g/mol. The van der Waals surface area contributed by atoms with Crippen molar-refractivity contribution in [1.29, 1.82) is 0 Å². The Bertz CT molecular complexity index is 1540. The Hall–Kier alpha value is -3.46. The van der Waals surface area contributed by atoms with Crippen LogP contribution in [0.3, 0.4) is 0 Å². The number of rotatable bonds is 9. The number of aromatic hydroxyl groups is 1. The fourth-order valence-corrected chi connectivity index (χ4v) is 6.58. The van der Waals surface area contributed by atoms with Gasteiger partial charge in [0.1, 0.15) is 22.8 Å². The van der Waals surface area contributed by atoms with E-state index in [0.29, 0.717) is 11.5 Å². The molecule has 2 aliphatic rings. The van der Waals surface area contributed by atoms with Gasteiger partial charge in [-0.2, -0.15) is 4.40 Å². The fraction of sp³-hybridized carbons (Fsp3) is 0.407. The zero-order chi connectivity index (χ0) is 30.3. The lowest BCUT2D eigenvalue weighted by atomic mass is 9.61. The van der Waals surface area contributed by atoms with Crippen LogP contribution in [0.25, 0.3) is 0 Å². The van der Waals surface area contributed by atoms with Gasteiger partial charge in [0, 0.05) is 37.2 Å². The number of hydrogen-bond donors (Lipinski definition) is 4. The van der Waals surface area contributed by atoms with E-state index in [1.165, 1.54) is 24.1 Å². The number of ketones is 2. The number of sulfonamides is 1. The van der Waals surface area contributed by atoms with E-state index in [0.717, 1.165) is 24.3 Å². The molecule has 0 bridgehead atoms. The van der Waals surface area contributed by atoms with Crippen LogP contribution in [0.4, 0.5) is 11.4 Å². The van der Waals surface area contributed by atoms with E-state index in [1.807, 2.05) is 13.8 Å². The Morgan fingerprint density at radius 3 is 2.56 bits per heavy atom. The summed E-state index contributed by atoms with van der Waals surface area (Å²) in [6.07, 6.45) is 1.48. The van der Waals surface area contributed by atoms with E-state index in [1.54, 1.807) is 18.2 Å². The zero-order valence-electron chi connectivity index (χ0n) is 23.0. The summed E-state index contributed by atoms with van der Waals surface area (Å²) in [5.41, 5.74) is -1.59. The molecule has 0 spiro atoms. The average Bonchev–Trinajstić information content (AvgIpc) is 2.88. The average molecular weight is 605 g/mol. The number of fused-ring (bicyclic) bond motifs is 2. The number of hydroxylamine groups is 1. The SMILES string of the molecule is CC(C)CCC1(C(=O)N(C)CCO)C(=O)C(C2=NSc3cc(NS(C)(=O)=O)cc(O)c3N2O)C(=O)c2ccccc21. The van der Waals surface area contributed by atoms with Gasteiger partial charge >= 0.3 is 0 Å². The maximum absolute atomic E-state index is 14.5. The number of anilines is 2. The third-order valence-corrected chi connectivity index (χ3v) is 8.52. The molecule has 1 aliphatic carbocycles. The number of benzene rings is 2. The summed E-state index contributed by atoms with van der Waals surface area (Å²) < 4.78 is 29.8. The molecule has 12 nitrogen and oxygen atoms in total. The van der Waals surface area contributed by atoms with E-state index in [9.17, 15) is 38.2 Å². The Morgan fingerprint density at radius 2 is 1.93 bits per heavy atom. The van der Waals surface area contributed by atoms with Crippen LogP contribution in [0.2, 0.25) is 0 Å². The van der Waals surface area contributed by atoms with Crippen molar-refractivity contribution in [2.24, 2.45) is 16.2 Å². The lowest BCUT2D eigenvalue weighted by molar-refractivity contribution is -0.144. The van der Waals surface area contributed by atoms with E-state index in [4.69, 9.17) is 0 Å². The van der Waals surface area contributed by atoms with Gasteiger partial charge in [-0.25, -0.2) is 13.5 Å². The number of Topliss-reactive ketones (excluding diaryl/α,β-unsaturated/α-hetero) is 2. The Morgan fingerprint density at radius 1 is 1.24 bits per heavy atom. The minimum Gasteiger partial charge on any atom is -0.506 e. The van der Waals surface area contributed by atoms with Crippen LogP contribution in [-0.4, -0.2) is 78.5 Å². The number of aliphatic hydroxyl groups excluding tert-OH is 1. The second kappa shape index (κ2) is 11.4. The van der Waals surface area contributed by atoms with Crippen LogP contribution in [0.5, 0.6) is 5.75 Å². The number of likely N-dealkylation sites (N-methyl/N-ethyl adjacent to an activating group) is 1. The molecule has 2 aromatic carbocycles. The van der Waals surface area contributed by atoms with Gasteiger partial charge in [0.2, 0.25) is 15.9 Å². The van der Waals surface area contributed by atoms with Crippen molar-refractivity contribution in [1.82, 2.24) is 4.90 Å². The minimum absolute atomic E-state index is 0.0206. The molecule has 2 unspecified atom stereocenters. The lowest BCUT2D eigenvalue weighted by Gasteiger charge is -2.42. The zero-order valence-corrected chi connectivity index (χ0v) is 24.6. The minimum atomic E-state index is -3.67. The Balaban J connectivity index is 1.87. The summed E-state index contributed by atoms with van der Waals surface area (Å²) >= 11 is 0.734. The number of phenolic OH excluding ortho intramolecular Hbond substituents is 1. The van der Waals surface area contributed by atoms with Crippen molar-refractivity contribution in [3.63, 3.8) is 0 Å². The summed E-state index contributed by atoms with van der Waals surface area (Å²) in [4.78, 5) is 43.9. The molecule has 2 atom stereocenters. The second-order valence-corrected chi connectivity index (χ2v) is 13.1. The quantitative estimate of drug-likeness (QED) is 0.246. The molecular formula is C27H32N4O8S2. The van der Waals surface area contributed by atoms with Gasteiger partial charge < -0.3 is 15.1 Å². The second-order valence-electron chi connectivity index (χ2n) is 10.6. The van der Waals surface area contributed by atoms with Crippen molar-refractivity contribution < 1.29 is 38.2 Å². The van der Waals surface area contributed by atoms with Gasteiger partial charge in [-0.15, -0.1) is 0 Å². The van der Waals surface area contributed by atoms with Crippen LogP contribution >= 0.6 is 11.9 Å². The number of hydrogen-bond acceptors (Lipinski definition) is 11. The van der Waals surface area contributed by atoms with Crippen molar-refractivity contribution >= 4 is 56.7 Å². The van der Waals surface area contributed by atoms with Crippen LogP contribution in [0, 0.1) is 11.8 Å². The molecule has 220 valence electrons. The number of carbonyl (C=O) groups is 3. The first kappa shape index (κ1) is 30.5. The fourth-order valence-electron chi connectivity index (χ4n) is 5.20. The van der Waals surface area contributed by atoms with Gasteiger partial charge in [0.15, 0.2) is 17.4 Å². The maximum Gasteiger partial charge on any atom is 0.240 e. The summed E-state index contributed by atoms with van der Waals surface area (Å²) in [6.45, 7) is 3.52. The summed E-state index contributed by atoms with van der Waals surface area (Å²) in [5.74, 6) is -4.53. The standard InChI is InChI=1S/C27H32N4O8S2/c1-15(2)9-10-27(26(36)30(3)11-12-32)18-8-6-5-7-17(18)23(34)21(24(27)35)25-28-40-20-14-16(29-41(4,38)39)13-19(33)22(20)31(25)37/h5-8,13-15,21,29,32-33,37H,9-12H2,1-4H3. The largest absolute Gasteiger partial charge is 0.506 e. The van der Waals surface area contributed by atoms with E-state index < -0.39 is 50.4 Å². The van der Waals surface area contributed by atoms with Gasteiger partial charge in [0.05, 0.1) is 23.4 Å². The predicted octanol–water partition coefficient (Wildman–Crippen LogP) is 2.59. The number of amidine groups is 1. The number of carbonyl (C=O) groups excluding carboxylic acids is 3. The topological polar surface area (TPSA) is 177 Å². The van der Waals surface area contributed by atoms with Gasteiger partial charge in [-0.3, -0.25) is 24.3 Å². The van der Waals surface area contributed by atoms with Crippen LogP contribution in [0.1, 0.15) is 42.6 Å². The van der Waals surface area contributed by atoms with E-state index in [2.05, 4.69) is 9.12 Å². The Labute approximate surface area is 242 Å². The molecule has 1 aliphatic heterocycles. The number of nitrogens with one attached hydrogen (secondary N) is 1. The van der Waals surface area contributed by atoms with Crippen LogP contribution in [-0.2, 0) is 25.0 Å². The number of aliphatic hydroxyl groups is 1. The maximum atomic E-state index is 14.5. The van der Waals surface area contributed by atoms with Crippen molar-refractivity contribution in [2.45, 2.75) is 37.0 Å². The molecule has 0 saturated carbocycles. The lowest BCUT2D eigenvalue weighted by Crippen LogP contribution is -2.60. The smallest absolute Gasteiger partial charge is 0.240 e. The molecule has 0 aromatic heterocycles. The Kier molecular flexibility index (Phi) is 8.50. The number of amides is 1. The highest BCUT2D eigenvalue weighted by Crippen LogP contribution is 2.48. The molecule has 14 heteroatoms. The predicted molar refractivity (Wildman–Crippen MR) is 154 cm³/mol. The van der Waals surface area contributed by atoms with E-state index >= 15 is 0 Å². The first-order valence-electron chi connectivity index (χ1n) is 12.9. The normalized spacial score (nSPS) is 20.4. The van der Waals surface area contributed by atoms with Crippen molar-refractivity contribution in [3.8, 4) is 5.75 Å². The third kappa shape index (κ3) is 5.56. The number of nitrogens with zero attached hydrogens (tertiary/aromatic N) is 3. The van der Waals surface area contributed by atoms with E-state index in [-0.39, 0.29) is 52.9 Å². The molecule has 4 N–H and O–H groups in total. The van der Waals surface area contributed by atoms with Crippen LogP contribution in [0.15, 0.2) is 45.7 Å². The highest BCUT2D eigenvalue weighted by Gasteiger charge is 2.59. The van der Waals surface area contributed by atoms with Gasteiger partial charge in [0.25, 0.3) is 0 Å². The van der Waals surface area contributed by atoms with Crippen LogP contribution < -0.4 is 9.79 Å². The first-order valence-corrected chi connectivity index (χ1v) is 15.5. The summed E-state index contributed by atoms with van der Waals surface area (Å²) in [5, 5.41) is 31.9. The molecule has 1 amide bonds. The summed E-state index contributed by atoms with van der Waals surface area (Å²) in [7, 11) is -2.20. The molecule has 4 rings (SSSR count). The number of phenols is 1. The van der Waals surface area contributed by atoms with Gasteiger partial charge in [-0.1, -0.05) is 38.1 Å². The molecule has 2 aromatic rings. The molecule has 41 heavy (non-hydrogen) atoms. The molecule has 1 heterocycles. The molecule has 0 radical (unpaired) electrons. The highest BCUT2D eigenvalue weighted by molar-refractivity contribution is 7.98. The highest BCUT2D eigenvalue weighted by atomic mass is 32.2. The molecule has 0 fully saturated rings. The van der Waals surface area contributed by atoms with Crippen molar-refractivity contribution in [2.75, 3.05) is 36.2 Å².